The number of carbonyl (C=O) groups excluding carboxylic acids is 1. The van der Waals surface area contributed by atoms with Crippen molar-refractivity contribution >= 4 is 5.91 Å². The van der Waals surface area contributed by atoms with E-state index in [4.69, 9.17) is 0 Å². The van der Waals surface area contributed by atoms with Gasteiger partial charge in [-0.15, -0.1) is 0 Å². The van der Waals surface area contributed by atoms with Crippen molar-refractivity contribution in [1.82, 2.24) is 5.32 Å². The molecule has 4 nitrogen and oxygen atoms in total. The number of carbonyl (C=O) groups is 1. The standard InChI is InChI=1S/C16H25NO3/c1-3-4-12(2)9-16(20)17-14(11-18)10-13-5-7-15(19)8-6-13/h5-8,12,14,18-19H,3-4,9-11H2,1-2H3,(H,17,20)/t12?,14-/m0/s1. The Labute approximate surface area is 120 Å². The van der Waals surface area contributed by atoms with E-state index in [0.717, 1.165) is 18.4 Å². The van der Waals surface area contributed by atoms with E-state index in [-0.39, 0.29) is 24.3 Å². The van der Waals surface area contributed by atoms with Crippen molar-refractivity contribution in [2.45, 2.75) is 45.6 Å². The largest absolute Gasteiger partial charge is 0.508 e. The fourth-order valence-electron chi connectivity index (χ4n) is 2.28. The van der Waals surface area contributed by atoms with Gasteiger partial charge in [-0.05, 0) is 30.0 Å². The minimum atomic E-state index is -0.277. The third kappa shape index (κ3) is 6.06. The number of amides is 1. The van der Waals surface area contributed by atoms with Gasteiger partial charge in [-0.1, -0.05) is 38.8 Å². The highest BCUT2D eigenvalue weighted by atomic mass is 16.3. The van der Waals surface area contributed by atoms with Gasteiger partial charge in [0, 0.05) is 6.42 Å². The molecular weight excluding hydrogens is 254 g/mol. The lowest BCUT2D eigenvalue weighted by Crippen LogP contribution is -2.39. The van der Waals surface area contributed by atoms with Gasteiger partial charge < -0.3 is 15.5 Å². The minimum absolute atomic E-state index is 0.0104. The molecule has 1 aromatic rings. The van der Waals surface area contributed by atoms with Crippen LogP contribution in [0.25, 0.3) is 0 Å². The monoisotopic (exact) mass is 279 g/mol. The number of aromatic hydroxyl groups is 1. The average molecular weight is 279 g/mol. The molecule has 112 valence electrons. The molecule has 0 saturated carbocycles. The molecule has 0 fully saturated rings. The number of nitrogens with one attached hydrogen (secondary N) is 1. The topological polar surface area (TPSA) is 69.6 Å². The van der Waals surface area contributed by atoms with E-state index in [0.29, 0.717) is 18.8 Å². The zero-order valence-corrected chi connectivity index (χ0v) is 12.3. The number of benzene rings is 1. The first-order valence-electron chi connectivity index (χ1n) is 7.23. The summed E-state index contributed by atoms with van der Waals surface area (Å²) in [6.07, 6.45) is 3.17. The van der Waals surface area contributed by atoms with E-state index in [2.05, 4.69) is 19.2 Å². The maximum Gasteiger partial charge on any atom is 0.220 e. The average Bonchev–Trinajstić information content (AvgIpc) is 2.40. The molecule has 2 atom stereocenters. The van der Waals surface area contributed by atoms with Crippen molar-refractivity contribution in [1.29, 1.82) is 0 Å². The Morgan fingerprint density at radius 2 is 1.95 bits per heavy atom. The quantitative estimate of drug-likeness (QED) is 0.683. The van der Waals surface area contributed by atoms with E-state index in [1.807, 2.05) is 0 Å². The summed E-state index contributed by atoms with van der Waals surface area (Å²) >= 11 is 0. The maximum absolute atomic E-state index is 11.9. The first-order valence-corrected chi connectivity index (χ1v) is 7.23. The molecule has 0 heterocycles. The van der Waals surface area contributed by atoms with Crippen molar-refractivity contribution in [2.75, 3.05) is 6.61 Å². The van der Waals surface area contributed by atoms with Crippen molar-refractivity contribution in [3.63, 3.8) is 0 Å². The number of aliphatic hydroxyl groups excluding tert-OH is 1. The van der Waals surface area contributed by atoms with Crippen LogP contribution in [0.15, 0.2) is 24.3 Å². The van der Waals surface area contributed by atoms with Crippen LogP contribution >= 0.6 is 0 Å². The molecule has 1 aromatic carbocycles. The summed E-state index contributed by atoms with van der Waals surface area (Å²) in [5, 5.41) is 21.5. The molecule has 4 heteroatoms. The molecule has 1 unspecified atom stereocenters. The zero-order chi connectivity index (χ0) is 15.0. The highest BCUT2D eigenvalue weighted by Crippen LogP contribution is 2.12. The van der Waals surface area contributed by atoms with Crippen LogP contribution in [0.2, 0.25) is 0 Å². The molecule has 0 aliphatic carbocycles. The lowest BCUT2D eigenvalue weighted by atomic mass is 10.0. The molecular formula is C16H25NO3. The highest BCUT2D eigenvalue weighted by Gasteiger charge is 2.14. The van der Waals surface area contributed by atoms with Gasteiger partial charge in [-0.2, -0.15) is 0 Å². The fraction of sp³-hybridized carbons (Fsp3) is 0.562. The molecule has 0 aromatic heterocycles. The Morgan fingerprint density at radius 1 is 1.30 bits per heavy atom. The Hall–Kier alpha value is -1.55. The van der Waals surface area contributed by atoms with Crippen LogP contribution in [-0.4, -0.2) is 28.8 Å². The molecule has 1 amide bonds. The maximum atomic E-state index is 11.9. The van der Waals surface area contributed by atoms with Crippen LogP contribution in [0, 0.1) is 5.92 Å². The summed E-state index contributed by atoms with van der Waals surface area (Å²) in [7, 11) is 0. The van der Waals surface area contributed by atoms with Gasteiger partial charge in [-0.3, -0.25) is 4.79 Å². The van der Waals surface area contributed by atoms with Crippen molar-refractivity contribution in [3.8, 4) is 5.75 Å². The normalized spacial score (nSPS) is 13.8. The number of phenols is 1. The van der Waals surface area contributed by atoms with Crippen LogP contribution in [0.3, 0.4) is 0 Å². The second-order valence-corrected chi connectivity index (χ2v) is 5.42. The van der Waals surface area contributed by atoms with Crippen molar-refractivity contribution in [2.24, 2.45) is 5.92 Å². The predicted molar refractivity (Wildman–Crippen MR) is 79.5 cm³/mol. The van der Waals surface area contributed by atoms with Gasteiger partial charge in [0.2, 0.25) is 5.91 Å². The SMILES string of the molecule is CCCC(C)CC(=O)N[C@H](CO)Cc1ccc(O)cc1. The minimum Gasteiger partial charge on any atom is -0.508 e. The van der Waals surface area contributed by atoms with E-state index in [1.165, 1.54) is 0 Å². The van der Waals surface area contributed by atoms with E-state index in [9.17, 15) is 15.0 Å². The molecule has 1 rings (SSSR count). The Morgan fingerprint density at radius 3 is 2.50 bits per heavy atom. The summed E-state index contributed by atoms with van der Waals surface area (Å²) in [5.74, 6) is 0.573. The molecule has 0 spiro atoms. The smallest absolute Gasteiger partial charge is 0.220 e. The fourth-order valence-corrected chi connectivity index (χ4v) is 2.28. The number of aliphatic hydroxyl groups is 1. The van der Waals surface area contributed by atoms with E-state index >= 15 is 0 Å². The number of hydrogen-bond donors (Lipinski definition) is 3. The molecule has 0 aliphatic heterocycles. The van der Waals surface area contributed by atoms with Gasteiger partial charge in [0.15, 0.2) is 0 Å². The summed E-state index contributed by atoms with van der Waals surface area (Å²) in [4.78, 5) is 11.9. The second kappa shape index (κ2) is 8.59. The van der Waals surface area contributed by atoms with Crippen molar-refractivity contribution in [3.05, 3.63) is 29.8 Å². The van der Waals surface area contributed by atoms with Crippen LogP contribution in [0.1, 0.15) is 38.7 Å². The van der Waals surface area contributed by atoms with Gasteiger partial charge in [0.25, 0.3) is 0 Å². The van der Waals surface area contributed by atoms with Gasteiger partial charge in [-0.25, -0.2) is 0 Å². The Balaban J connectivity index is 2.46. The third-order valence-corrected chi connectivity index (χ3v) is 3.32. The molecule has 0 radical (unpaired) electrons. The highest BCUT2D eigenvalue weighted by molar-refractivity contribution is 5.76. The summed E-state index contributed by atoms with van der Waals surface area (Å²) in [6, 6.07) is 6.53. The number of phenolic OH excluding ortho intramolecular Hbond substituents is 1. The molecule has 20 heavy (non-hydrogen) atoms. The van der Waals surface area contributed by atoms with Gasteiger partial charge in [0.1, 0.15) is 5.75 Å². The second-order valence-electron chi connectivity index (χ2n) is 5.42. The Bertz CT molecular complexity index is 403. The van der Waals surface area contributed by atoms with E-state index < -0.39 is 0 Å². The zero-order valence-electron chi connectivity index (χ0n) is 12.3. The number of rotatable bonds is 8. The van der Waals surface area contributed by atoms with E-state index in [1.54, 1.807) is 24.3 Å². The Kier molecular flexibility index (Phi) is 7.09. The van der Waals surface area contributed by atoms with Crippen LogP contribution in [0.4, 0.5) is 0 Å². The van der Waals surface area contributed by atoms with Crippen LogP contribution in [-0.2, 0) is 11.2 Å². The van der Waals surface area contributed by atoms with Gasteiger partial charge >= 0.3 is 0 Å². The first kappa shape index (κ1) is 16.5. The lowest BCUT2D eigenvalue weighted by Gasteiger charge is -2.18. The molecule has 0 saturated heterocycles. The number of hydrogen-bond acceptors (Lipinski definition) is 3. The van der Waals surface area contributed by atoms with Crippen molar-refractivity contribution < 1.29 is 15.0 Å². The molecule has 0 aliphatic rings. The summed E-state index contributed by atoms with van der Waals surface area (Å²) in [6.45, 7) is 4.08. The predicted octanol–water partition coefficient (Wildman–Crippen LogP) is 2.24. The molecule has 0 bridgehead atoms. The van der Waals surface area contributed by atoms with Crippen LogP contribution in [0.5, 0.6) is 5.75 Å². The van der Waals surface area contributed by atoms with Gasteiger partial charge in [0.05, 0.1) is 12.6 Å². The summed E-state index contributed by atoms with van der Waals surface area (Å²) < 4.78 is 0. The summed E-state index contributed by atoms with van der Waals surface area (Å²) in [5.41, 5.74) is 0.976. The lowest BCUT2D eigenvalue weighted by molar-refractivity contribution is -0.122. The van der Waals surface area contributed by atoms with Crippen LogP contribution < -0.4 is 5.32 Å². The first-order chi connectivity index (χ1) is 9.55. The molecule has 3 N–H and O–H groups in total. The third-order valence-electron chi connectivity index (χ3n) is 3.32.